The van der Waals surface area contributed by atoms with Crippen molar-refractivity contribution < 1.29 is 0 Å². The molecule has 11 aromatic rings. The highest BCUT2D eigenvalue weighted by Crippen LogP contribution is 2.49. The van der Waals surface area contributed by atoms with E-state index < -0.39 is 0 Å². The van der Waals surface area contributed by atoms with Gasteiger partial charge in [0.25, 0.3) is 0 Å². The molecule has 0 amide bonds. The van der Waals surface area contributed by atoms with Crippen LogP contribution >= 0.6 is 22.7 Å². The molecule has 0 fully saturated rings. The SMILES string of the molecule is CC(C)(C)c1ccc(-c2cc(-c3ccc(C(C)(C)C)cc3)c(Nc3ccc(C(C)(C)C)cc3-c3cccc4c3sc3ccccc34)cc2Nc2ccc(C(C)(C)C)cc2-c2cccc3c2sc2ccccc23)cc1. The summed E-state index contributed by atoms with van der Waals surface area (Å²) in [4.78, 5) is 0. The lowest BCUT2D eigenvalue weighted by molar-refractivity contribution is 0.590. The zero-order chi connectivity index (χ0) is 51.9. The van der Waals surface area contributed by atoms with Gasteiger partial charge >= 0.3 is 0 Å². The van der Waals surface area contributed by atoms with Crippen LogP contribution in [0.25, 0.3) is 84.9 Å². The molecule has 370 valence electrons. The van der Waals surface area contributed by atoms with Crippen molar-refractivity contribution in [2.75, 3.05) is 10.6 Å². The second kappa shape index (κ2) is 18.4. The van der Waals surface area contributed by atoms with Crippen molar-refractivity contribution in [2.45, 2.75) is 105 Å². The maximum atomic E-state index is 4.17. The number of hydrogen-bond acceptors (Lipinski definition) is 4. The Morgan fingerprint density at radius 1 is 0.270 bits per heavy atom. The first-order valence-corrected chi connectivity index (χ1v) is 27.9. The number of fused-ring (bicyclic) bond motifs is 6. The van der Waals surface area contributed by atoms with E-state index >= 15 is 0 Å². The molecule has 2 N–H and O–H groups in total. The van der Waals surface area contributed by atoms with E-state index in [0.29, 0.717) is 0 Å². The molecule has 0 atom stereocenters. The number of thiophene rings is 2. The fourth-order valence-corrected chi connectivity index (χ4v) is 12.9. The number of hydrogen-bond donors (Lipinski definition) is 2. The molecule has 9 aromatic carbocycles. The van der Waals surface area contributed by atoms with Crippen molar-refractivity contribution in [2.24, 2.45) is 0 Å². The lowest BCUT2D eigenvalue weighted by atomic mass is 9.84. The molecular formula is C70H68N2S2. The van der Waals surface area contributed by atoms with Gasteiger partial charge in [0.2, 0.25) is 0 Å². The first kappa shape index (κ1) is 49.2. The topological polar surface area (TPSA) is 24.1 Å². The molecule has 2 heterocycles. The number of benzene rings is 9. The number of anilines is 4. The van der Waals surface area contributed by atoms with Crippen molar-refractivity contribution in [3.05, 3.63) is 204 Å². The third kappa shape index (κ3) is 9.33. The monoisotopic (exact) mass is 1000 g/mol. The summed E-state index contributed by atoms with van der Waals surface area (Å²) < 4.78 is 5.21. The van der Waals surface area contributed by atoms with Gasteiger partial charge in [0.05, 0.1) is 0 Å². The van der Waals surface area contributed by atoms with E-state index in [0.717, 1.165) is 45.0 Å². The molecule has 0 spiro atoms. The molecular weight excluding hydrogens is 933 g/mol. The quantitative estimate of drug-likeness (QED) is 0.159. The summed E-state index contributed by atoms with van der Waals surface area (Å²) in [6.45, 7) is 27.6. The molecule has 0 unspecified atom stereocenters. The predicted molar refractivity (Wildman–Crippen MR) is 328 cm³/mol. The summed E-state index contributed by atoms with van der Waals surface area (Å²) in [6, 6.07) is 68.8. The van der Waals surface area contributed by atoms with Gasteiger partial charge in [-0.05, 0) is 104 Å². The van der Waals surface area contributed by atoms with Crippen molar-refractivity contribution in [3.8, 4) is 44.5 Å². The Morgan fingerprint density at radius 3 is 1.00 bits per heavy atom. The van der Waals surface area contributed by atoms with Crippen molar-refractivity contribution in [1.29, 1.82) is 0 Å². The molecule has 0 aliphatic heterocycles. The highest BCUT2D eigenvalue weighted by molar-refractivity contribution is 7.26. The Hall–Kier alpha value is -6.98. The Kier molecular flexibility index (Phi) is 12.3. The minimum atomic E-state index is -0.0526. The maximum Gasteiger partial charge on any atom is 0.0485 e. The van der Waals surface area contributed by atoms with E-state index in [-0.39, 0.29) is 21.7 Å². The summed E-state index contributed by atoms with van der Waals surface area (Å²) in [5.74, 6) is 0. The third-order valence-corrected chi connectivity index (χ3v) is 17.4. The first-order valence-electron chi connectivity index (χ1n) is 26.2. The Morgan fingerprint density at radius 2 is 0.622 bits per heavy atom. The molecule has 0 saturated heterocycles. The maximum absolute atomic E-state index is 4.17. The normalized spacial score (nSPS) is 12.6. The molecule has 4 heteroatoms. The fourth-order valence-electron chi connectivity index (χ4n) is 10.5. The summed E-state index contributed by atoms with van der Waals surface area (Å²) in [7, 11) is 0. The summed E-state index contributed by atoms with van der Waals surface area (Å²) in [6.07, 6.45) is 0. The van der Waals surface area contributed by atoms with E-state index in [1.807, 2.05) is 22.7 Å². The van der Waals surface area contributed by atoms with Gasteiger partial charge in [-0.25, -0.2) is 0 Å². The predicted octanol–water partition coefficient (Wildman–Crippen LogP) is 21.8. The number of rotatable bonds is 8. The largest absolute Gasteiger partial charge is 0.354 e. The van der Waals surface area contributed by atoms with Gasteiger partial charge < -0.3 is 10.6 Å². The van der Waals surface area contributed by atoms with Crippen LogP contribution in [0.5, 0.6) is 0 Å². The minimum absolute atomic E-state index is 0.0189. The lowest BCUT2D eigenvalue weighted by Crippen LogP contribution is -2.12. The molecule has 2 nitrogen and oxygen atoms in total. The summed E-state index contributed by atoms with van der Waals surface area (Å²) in [5, 5.41) is 13.5. The van der Waals surface area contributed by atoms with Gasteiger partial charge in [-0.15, -0.1) is 22.7 Å². The van der Waals surface area contributed by atoms with E-state index in [4.69, 9.17) is 0 Å². The fraction of sp³-hybridized carbons (Fsp3) is 0.229. The molecule has 0 aliphatic rings. The number of nitrogens with one attached hydrogen (secondary N) is 2. The van der Waals surface area contributed by atoms with Gasteiger partial charge in [0, 0.05) is 96.5 Å². The Balaban J connectivity index is 1.16. The zero-order valence-corrected chi connectivity index (χ0v) is 46.8. The standard InChI is InChI=1S/C70H68N2S2/c1-67(2,3)45-31-27-43(28-32-45)55-41-56(44-29-33-46(34-30-44)68(4,5)6)62(72-60-38-36-48(70(10,11)12)40-58(60)54-24-18-22-52-50-20-14-16-26-64(50)74-66(52)54)42-61(55)71-59-37-35-47(69(7,8)9)39-57(59)53-23-17-21-51-49-19-13-15-25-63(49)73-65(51)53/h13-42,71-72H,1-12H3. The van der Waals surface area contributed by atoms with Gasteiger partial charge in [0.15, 0.2) is 0 Å². The van der Waals surface area contributed by atoms with E-state index in [2.05, 4.69) is 276 Å². The molecule has 0 bridgehead atoms. The van der Waals surface area contributed by atoms with Gasteiger partial charge in [-0.1, -0.05) is 217 Å². The summed E-state index contributed by atoms with van der Waals surface area (Å²) >= 11 is 3.77. The molecule has 11 rings (SSSR count). The van der Waals surface area contributed by atoms with Gasteiger partial charge in [-0.2, -0.15) is 0 Å². The van der Waals surface area contributed by atoms with Crippen LogP contribution in [0.4, 0.5) is 22.7 Å². The van der Waals surface area contributed by atoms with Crippen LogP contribution in [0.2, 0.25) is 0 Å². The van der Waals surface area contributed by atoms with Crippen LogP contribution in [0.1, 0.15) is 105 Å². The van der Waals surface area contributed by atoms with E-state index in [9.17, 15) is 0 Å². The zero-order valence-electron chi connectivity index (χ0n) is 45.1. The van der Waals surface area contributed by atoms with Crippen LogP contribution in [0.3, 0.4) is 0 Å². The van der Waals surface area contributed by atoms with Crippen molar-refractivity contribution >= 4 is 85.8 Å². The molecule has 0 radical (unpaired) electrons. The Bertz CT molecular complexity index is 3660. The molecule has 0 aliphatic carbocycles. The highest BCUT2D eigenvalue weighted by Gasteiger charge is 2.25. The third-order valence-electron chi connectivity index (χ3n) is 15.0. The van der Waals surface area contributed by atoms with E-state index in [1.165, 1.54) is 84.9 Å². The minimum Gasteiger partial charge on any atom is -0.354 e. The van der Waals surface area contributed by atoms with E-state index in [1.54, 1.807) is 0 Å². The van der Waals surface area contributed by atoms with Crippen LogP contribution in [0, 0.1) is 0 Å². The second-order valence-corrected chi connectivity index (χ2v) is 26.5. The van der Waals surface area contributed by atoms with Crippen LogP contribution in [-0.4, -0.2) is 0 Å². The second-order valence-electron chi connectivity index (χ2n) is 24.4. The van der Waals surface area contributed by atoms with Gasteiger partial charge in [0.1, 0.15) is 0 Å². The van der Waals surface area contributed by atoms with Crippen LogP contribution in [0.15, 0.2) is 182 Å². The molecule has 74 heavy (non-hydrogen) atoms. The summed E-state index contributed by atoms with van der Waals surface area (Å²) in [5.41, 5.74) is 18.8. The highest BCUT2D eigenvalue weighted by atomic mass is 32.1. The molecule has 2 aromatic heterocycles. The van der Waals surface area contributed by atoms with Crippen molar-refractivity contribution in [1.82, 2.24) is 0 Å². The van der Waals surface area contributed by atoms with Crippen LogP contribution in [-0.2, 0) is 21.7 Å². The van der Waals surface area contributed by atoms with Crippen LogP contribution < -0.4 is 10.6 Å². The lowest BCUT2D eigenvalue weighted by Gasteiger charge is -2.25. The Labute approximate surface area is 447 Å². The van der Waals surface area contributed by atoms with Gasteiger partial charge in [-0.3, -0.25) is 0 Å². The first-order chi connectivity index (χ1) is 35.2. The molecule has 0 saturated carbocycles. The van der Waals surface area contributed by atoms with Crippen molar-refractivity contribution in [3.63, 3.8) is 0 Å². The average Bonchev–Trinajstić information content (AvgIpc) is 3.95. The smallest absolute Gasteiger partial charge is 0.0485 e. The average molecular weight is 1000 g/mol.